The molecule has 0 saturated carbocycles. The van der Waals surface area contributed by atoms with Gasteiger partial charge in [0.15, 0.2) is 5.78 Å². The molecule has 0 aliphatic heterocycles. The molecular weight excluding hydrogens is 320 g/mol. The van der Waals surface area contributed by atoms with Crippen molar-refractivity contribution in [2.75, 3.05) is 6.61 Å². The van der Waals surface area contributed by atoms with Gasteiger partial charge in [0.25, 0.3) is 0 Å². The molecule has 0 fully saturated rings. The first-order valence-electron chi connectivity index (χ1n) is 8.26. The third-order valence-corrected chi connectivity index (χ3v) is 3.93. The first-order valence-corrected chi connectivity index (χ1v) is 8.26. The molecule has 0 N–H and O–H groups in total. The molecule has 0 atom stereocenters. The van der Waals surface area contributed by atoms with E-state index in [1.807, 2.05) is 13.0 Å². The number of hydrogen-bond acceptors (Lipinski definition) is 5. The van der Waals surface area contributed by atoms with E-state index in [4.69, 9.17) is 4.74 Å². The number of nitrogens with zero attached hydrogens (tertiary/aromatic N) is 4. The molecule has 2 aromatic heterocycles. The molecule has 7 nitrogen and oxygen atoms in total. The summed E-state index contributed by atoms with van der Waals surface area (Å²) < 4.78 is 8.39. The van der Waals surface area contributed by atoms with Gasteiger partial charge in [-0.2, -0.15) is 10.2 Å². The summed E-state index contributed by atoms with van der Waals surface area (Å²) in [6.07, 6.45) is 6.92. The van der Waals surface area contributed by atoms with Crippen LogP contribution in [-0.4, -0.2) is 37.9 Å². The summed E-state index contributed by atoms with van der Waals surface area (Å²) in [6, 6.07) is 5.40. The SMILES string of the molecule is CCCCOC(=O)Cn1ncc2cc(-n3cccn3)c(C(C)=O)cc21. The number of carbonyl (C=O) groups is 2. The van der Waals surface area contributed by atoms with E-state index in [0.29, 0.717) is 23.4 Å². The van der Waals surface area contributed by atoms with Gasteiger partial charge in [-0.1, -0.05) is 13.3 Å². The van der Waals surface area contributed by atoms with Gasteiger partial charge in [0.2, 0.25) is 0 Å². The minimum Gasteiger partial charge on any atom is -0.464 e. The summed E-state index contributed by atoms with van der Waals surface area (Å²) in [7, 11) is 0. The molecule has 0 amide bonds. The second-order valence-electron chi connectivity index (χ2n) is 5.81. The number of unbranched alkanes of at least 4 members (excludes halogenated alkanes) is 1. The summed E-state index contributed by atoms with van der Waals surface area (Å²) in [5.74, 6) is -0.412. The summed E-state index contributed by atoms with van der Waals surface area (Å²) in [5, 5.41) is 9.29. The maximum absolute atomic E-state index is 12.1. The van der Waals surface area contributed by atoms with Gasteiger partial charge in [-0.05, 0) is 31.5 Å². The lowest BCUT2D eigenvalue weighted by Crippen LogP contribution is -2.15. The number of rotatable bonds is 7. The number of ketones is 1. The van der Waals surface area contributed by atoms with Crippen LogP contribution in [0, 0.1) is 0 Å². The van der Waals surface area contributed by atoms with E-state index >= 15 is 0 Å². The zero-order chi connectivity index (χ0) is 17.8. The average molecular weight is 340 g/mol. The second-order valence-corrected chi connectivity index (χ2v) is 5.81. The number of hydrogen-bond donors (Lipinski definition) is 0. The smallest absolute Gasteiger partial charge is 0.327 e. The van der Waals surface area contributed by atoms with E-state index in [0.717, 1.165) is 18.2 Å². The molecule has 0 aliphatic carbocycles. The maximum atomic E-state index is 12.1. The third-order valence-electron chi connectivity index (χ3n) is 3.93. The zero-order valence-corrected chi connectivity index (χ0v) is 14.3. The lowest BCUT2D eigenvalue weighted by Gasteiger charge is -2.09. The highest BCUT2D eigenvalue weighted by Gasteiger charge is 2.15. The Morgan fingerprint density at radius 1 is 1.24 bits per heavy atom. The van der Waals surface area contributed by atoms with E-state index in [1.54, 1.807) is 40.1 Å². The monoisotopic (exact) mass is 340 g/mol. The normalized spacial score (nSPS) is 11.0. The summed E-state index contributed by atoms with van der Waals surface area (Å²) in [6.45, 7) is 3.98. The van der Waals surface area contributed by atoms with Crippen molar-refractivity contribution in [2.45, 2.75) is 33.2 Å². The molecule has 2 heterocycles. The van der Waals surface area contributed by atoms with Crippen molar-refractivity contribution in [1.82, 2.24) is 19.6 Å². The second kappa shape index (κ2) is 7.29. The van der Waals surface area contributed by atoms with Gasteiger partial charge in [-0.15, -0.1) is 0 Å². The Bertz CT molecular complexity index is 897. The van der Waals surface area contributed by atoms with E-state index in [9.17, 15) is 9.59 Å². The van der Waals surface area contributed by atoms with Gasteiger partial charge in [0.05, 0.1) is 24.0 Å². The fraction of sp³-hybridized carbons (Fsp3) is 0.333. The Balaban J connectivity index is 1.94. The highest BCUT2D eigenvalue weighted by molar-refractivity contribution is 6.01. The van der Waals surface area contributed by atoms with Crippen molar-refractivity contribution < 1.29 is 14.3 Å². The van der Waals surface area contributed by atoms with Gasteiger partial charge < -0.3 is 4.74 Å². The Morgan fingerprint density at radius 2 is 2.08 bits per heavy atom. The van der Waals surface area contributed by atoms with Gasteiger partial charge in [-0.3, -0.25) is 14.3 Å². The molecule has 3 rings (SSSR count). The molecule has 0 spiro atoms. The van der Waals surface area contributed by atoms with Crippen LogP contribution in [0.3, 0.4) is 0 Å². The van der Waals surface area contributed by atoms with Gasteiger partial charge in [-0.25, -0.2) is 4.68 Å². The number of Topliss-reactive ketones (excluding diaryl/α,β-unsaturated/α-hetero) is 1. The van der Waals surface area contributed by atoms with E-state index < -0.39 is 0 Å². The topological polar surface area (TPSA) is 79.0 Å². The minimum absolute atomic E-state index is 0.0195. The van der Waals surface area contributed by atoms with Crippen molar-refractivity contribution in [1.29, 1.82) is 0 Å². The molecule has 0 unspecified atom stereocenters. The van der Waals surface area contributed by atoms with Crippen molar-refractivity contribution in [2.24, 2.45) is 0 Å². The van der Waals surface area contributed by atoms with Crippen molar-refractivity contribution in [3.05, 3.63) is 42.4 Å². The Kier molecular flexibility index (Phi) is 4.92. The van der Waals surface area contributed by atoms with Crippen LogP contribution in [-0.2, 0) is 16.1 Å². The lowest BCUT2D eigenvalue weighted by molar-refractivity contribution is -0.144. The molecule has 25 heavy (non-hydrogen) atoms. The molecule has 3 aromatic rings. The number of esters is 1. The summed E-state index contributed by atoms with van der Waals surface area (Å²) in [4.78, 5) is 24.0. The van der Waals surface area contributed by atoms with Crippen molar-refractivity contribution in [3.63, 3.8) is 0 Å². The highest BCUT2D eigenvalue weighted by Crippen LogP contribution is 2.23. The third kappa shape index (κ3) is 3.60. The molecule has 1 aromatic carbocycles. The number of aromatic nitrogens is 4. The quantitative estimate of drug-likeness (QED) is 0.375. The first kappa shape index (κ1) is 16.9. The molecule has 7 heteroatoms. The molecule has 0 aliphatic rings. The molecule has 0 saturated heterocycles. The maximum Gasteiger partial charge on any atom is 0.327 e. The molecule has 130 valence electrons. The fourth-order valence-corrected chi connectivity index (χ4v) is 2.62. The summed E-state index contributed by atoms with van der Waals surface area (Å²) >= 11 is 0. The number of carbonyl (C=O) groups excluding carboxylic acids is 2. The number of ether oxygens (including phenoxy) is 1. The van der Waals surface area contributed by atoms with E-state index in [2.05, 4.69) is 10.2 Å². The predicted molar refractivity (Wildman–Crippen MR) is 92.7 cm³/mol. The Labute approximate surface area is 145 Å². The Morgan fingerprint density at radius 3 is 2.76 bits per heavy atom. The molecular formula is C18H20N4O3. The van der Waals surface area contributed by atoms with Gasteiger partial charge in [0, 0.05) is 23.3 Å². The standard InChI is InChI=1S/C18H20N4O3/c1-3-4-8-25-18(24)12-22-16-10-15(13(2)23)17(9-14(16)11-20-22)21-7-5-6-19-21/h5-7,9-11H,3-4,8,12H2,1-2H3. The van der Waals surface area contributed by atoms with Crippen LogP contribution in [0.15, 0.2) is 36.8 Å². The lowest BCUT2D eigenvalue weighted by atomic mass is 10.1. The summed E-state index contributed by atoms with van der Waals surface area (Å²) in [5.41, 5.74) is 1.93. The van der Waals surface area contributed by atoms with Crippen LogP contribution in [0.1, 0.15) is 37.0 Å². The van der Waals surface area contributed by atoms with Crippen molar-refractivity contribution in [3.8, 4) is 5.69 Å². The molecule has 0 radical (unpaired) electrons. The van der Waals surface area contributed by atoms with E-state index in [1.165, 1.54) is 6.92 Å². The van der Waals surface area contributed by atoms with Gasteiger partial charge in [0.1, 0.15) is 6.54 Å². The van der Waals surface area contributed by atoms with Crippen LogP contribution in [0.4, 0.5) is 0 Å². The van der Waals surface area contributed by atoms with Crippen LogP contribution in [0.25, 0.3) is 16.6 Å². The minimum atomic E-state index is -0.334. The van der Waals surface area contributed by atoms with E-state index in [-0.39, 0.29) is 18.3 Å². The Hall–Kier alpha value is -2.96. The predicted octanol–water partition coefficient (Wildman–Crippen LogP) is 2.77. The largest absolute Gasteiger partial charge is 0.464 e. The fourth-order valence-electron chi connectivity index (χ4n) is 2.62. The number of fused-ring (bicyclic) bond motifs is 1. The zero-order valence-electron chi connectivity index (χ0n) is 14.3. The first-order chi connectivity index (χ1) is 12.1. The number of benzene rings is 1. The van der Waals surface area contributed by atoms with Crippen LogP contribution in [0.5, 0.6) is 0 Å². The van der Waals surface area contributed by atoms with Crippen molar-refractivity contribution >= 4 is 22.7 Å². The molecule has 0 bridgehead atoms. The average Bonchev–Trinajstić information content (AvgIpc) is 3.24. The highest BCUT2D eigenvalue weighted by atomic mass is 16.5. The van der Waals surface area contributed by atoms with Crippen LogP contribution >= 0.6 is 0 Å². The van der Waals surface area contributed by atoms with Gasteiger partial charge >= 0.3 is 5.97 Å². The van der Waals surface area contributed by atoms with Crippen LogP contribution < -0.4 is 0 Å². The van der Waals surface area contributed by atoms with Crippen LogP contribution in [0.2, 0.25) is 0 Å².